The predicted molar refractivity (Wildman–Crippen MR) is 147 cm³/mol. The number of benzene rings is 3. The minimum Gasteiger partial charge on any atom is -0.487 e. The number of likely N-dealkylation sites (N-methyl/N-ethyl adjacent to an activating group) is 1. The molecule has 34 heavy (non-hydrogen) atoms. The molecule has 1 heterocycles. The van der Waals surface area contributed by atoms with Crippen molar-refractivity contribution in [2.45, 2.75) is 13.5 Å². The molecule has 0 spiro atoms. The normalized spacial score (nSPS) is 16.0. The quantitative estimate of drug-likeness (QED) is 0.248. The minimum absolute atomic E-state index is 0.115. The number of aliphatic imine (C=N–C) groups is 1. The van der Waals surface area contributed by atoms with Crippen LogP contribution in [-0.2, 0) is 11.4 Å². The van der Waals surface area contributed by atoms with Crippen molar-refractivity contribution in [2.75, 3.05) is 6.54 Å². The summed E-state index contributed by atoms with van der Waals surface area (Å²) in [7, 11) is 0. The SMILES string of the molecule is CCN1C(=O)/C(=C\c2cc(Br)c(OCc3ccc(Br)cc3)c(Br)c2)SC1=Nc1ccc(F)cc1. The van der Waals surface area contributed by atoms with Crippen LogP contribution in [0.2, 0.25) is 0 Å². The Morgan fingerprint density at radius 2 is 1.68 bits per heavy atom. The number of thioether (sulfide) groups is 1. The molecule has 1 fully saturated rings. The second-order valence-corrected chi connectivity index (χ2v) is 10.9. The molecule has 0 radical (unpaired) electrons. The van der Waals surface area contributed by atoms with Crippen LogP contribution < -0.4 is 4.74 Å². The van der Waals surface area contributed by atoms with E-state index < -0.39 is 0 Å². The van der Waals surface area contributed by atoms with Crippen LogP contribution in [0.1, 0.15) is 18.1 Å². The van der Waals surface area contributed by atoms with Crippen LogP contribution in [0.3, 0.4) is 0 Å². The van der Waals surface area contributed by atoms with Gasteiger partial charge in [0.1, 0.15) is 18.2 Å². The first-order chi connectivity index (χ1) is 16.3. The second-order valence-electron chi connectivity index (χ2n) is 7.26. The van der Waals surface area contributed by atoms with Gasteiger partial charge in [-0.05, 0) is 116 Å². The Hall–Kier alpha value is -1.94. The molecule has 0 aromatic heterocycles. The average molecular weight is 669 g/mol. The van der Waals surface area contributed by atoms with Crippen LogP contribution in [-0.4, -0.2) is 22.5 Å². The highest BCUT2D eigenvalue weighted by molar-refractivity contribution is 9.11. The van der Waals surface area contributed by atoms with E-state index in [0.29, 0.717) is 34.7 Å². The topological polar surface area (TPSA) is 41.9 Å². The van der Waals surface area contributed by atoms with Crippen molar-refractivity contribution in [3.05, 3.63) is 95.9 Å². The van der Waals surface area contributed by atoms with Crippen LogP contribution in [0.15, 0.2) is 84.0 Å². The monoisotopic (exact) mass is 666 g/mol. The largest absolute Gasteiger partial charge is 0.487 e. The molecular weight excluding hydrogens is 651 g/mol. The molecule has 1 saturated heterocycles. The molecule has 0 bridgehead atoms. The van der Waals surface area contributed by atoms with Gasteiger partial charge < -0.3 is 4.74 Å². The van der Waals surface area contributed by atoms with Gasteiger partial charge in [-0.1, -0.05) is 28.1 Å². The lowest BCUT2D eigenvalue weighted by atomic mass is 10.2. The van der Waals surface area contributed by atoms with E-state index >= 15 is 0 Å². The Labute approximate surface area is 226 Å². The van der Waals surface area contributed by atoms with Gasteiger partial charge in [-0.3, -0.25) is 9.69 Å². The summed E-state index contributed by atoms with van der Waals surface area (Å²) in [6.45, 7) is 2.81. The number of rotatable bonds is 6. The summed E-state index contributed by atoms with van der Waals surface area (Å²) in [5, 5.41) is 0.568. The first-order valence-electron chi connectivity index (χ1n) is 10.3. The third-order valence-electron chi connectivity index (χ3n) is 4.87. The number of hydrogen-bond acceptors (Lipinski definition) is 4. The van der Waals surface area contributed by atoms with Crippen LogP contribution in [0, 0.1) is 5.82 Å². The van der Waals surface area contributed by atoms with Crippen LogP contribution in [0.5, 0.6) is 5.75 Å². The average Bonchev–Trinajstić information content (AvgIpc) is 3.09. The van der Waals surface area contributed by atoms with Crippen molar-refractivity contribution in [3.8, 4) is 5.75 Å². The summed E-state index contributed by atoms with van der Waals surface area (Å²) in [4.78, 5) is 19.7. The first kappa shape index (κ1) is 25.2. The zero-order valence-electron chi connectivity index (χ0n) is 17.9. The number of carbonyl (C=O) groups excluding carboxylic acids is 1. The fourth-order valence-corrected chi connectivity index (χ4v) is 5.96. The first-order valence-corrected chi connectivity index (χ1v) is 13.5. The summed E-state index contributed by atoms with van der Waals surface area (Å²) >= 11 is 11.9. The van der Waals surface area contributed by atoms with E-state index in [9.17, 15) is 9.18 Å². The third kappa shape index (κ3) is 6.00. The number of amides is 1. The lowest BCUT2D eigenvalue weighted by Gasteiger charge is -2.12. The van der Waals surface area contributed by atoms with E-state index in [1.165, 1.54) is 23.9 Å². The molecular formula is C25H18Br3FN2O2S. The zero-order valence-corrected chi connectivity index (χ0v) is 23.5. The third-order valence-corrected chi connectivity index (χ3v) is 7.58. The maximum atomic E-state index is 13.2. The molecule has 0 unspecified atom stereocenters. The Bertz CT molecular complexity index is 1260. The van der Waals surface area contributed by atoms with E-state index in [1.54, 1.807) is 17.0 Å². The zero-order chi connectivity index (χ0) is 24.2. The Morgan fingerprint density at radius 3 is 2.29 bits per heavy atom. The Balaban J connectivity index is 1.55. The van der Waals surface area contributed by atoms with E-state index in [2.05, 4.69) is 52.8 Å². The van der Waals surface area contributed by atoms with Gasteiger partial charge in [-0.15, -0.1) is 0 Å². The van der Waals surface area contributed by atoms with Gasteiger partial charge in [-0.2, -0.15) is 0 Å². The maximum Gasteiger partial charge on any atom is 0.266 e. The molecule has 0 saturated carbocycles. The predicted octanol–water partition coefficient (Wildman–Crippen LogP) is 8.32. The molecule has 3 aromatic rings. The maximum absolute atomic E-state index is 13.2. The smallest absolute Gasteiger partial charge is 0.266 e. The van der Waals surface area contributed by atoms with Crippen LogP contribution >= 0.6 is 59.6 Å². The van der Waals surface area contributed by atoms with Gasteiger partial charge in [0.25, 0.3) is 5.91 Å². The molecule has 4 rings (SSSR count). The van der Waals surface area contributed by atoms with Crippen molar-refractivity contribution in [1.29, 1.82) is 0 Å². The van der Waals surface area contributed by atoms with E-state index in [-0.39, 0.29) is 11.7 Å². The highest BCUT2D eigenvalue weighted by atomic mass is 79.9. The highest BCUT2D eigenvalue weighted by Crippen LogP contribution is 2.38. The van der Waals surface area contributed by atoms with E-state index in [4.69, 9.17) is 4.74 Å². The summed E-state index contributed by atoms with van der Waals surface area (Å²) in [5.41, 5.74) is 2.48. The van der Waals surface area contributed by atoms with Crippen molar-refractivity contribution in [2.24, 2.45) is 4.99 Å². The number of halogens is 4. The number of amidine groups is 1. The molecule has 0 aliphatic carbocycles. The van der Waals surface area contributed by atoms with Crippen molar-refractivity contribution < 1.29 is 13.9 Å². The molecule has 1 amide bonds. The molecule has 0 N–H and O–H groups in total. The summed E-state index contributed by atoms with van der Waals surface area (Å²) < 4.78 is 21.8. The van der Waals surface area contributed by atoms with Gasteiger partial charge in [0, 0.05) is 11.0 Å². The summed E-state index contributed by atoms with van der Waals surface area (Å²) in [6.07, 6.45) is 1.83. The van der Waals surface area contributed by atoms with Gasteiger partial charge in [-0.25, -0.2) is 9.38 Å². The van der Waals surface area contributed by atoms with Gasteiger partial charge >= 0.3 is 0 Å². The van der Waals surface area contributed by atoms with Crippen LogP contribution in [0.4, 0.5) is 10.1 Å². The lowest BCUT2D eigenvalue weighted by Crippen LogP contribution is -2.28. The van der Waals surface area contributed by atoms with Gasteiger partial charge in [0.2, 0.25) is 0 Å². The standard InChI is InChI=1S/C25H18Br3FN2O2S/c1-2-31-24(32)22(34-25(31)30-19-9-7-18(29)8-10-19)13-16-11-20(27)23(21(28)12-16)33-14-15-3-5-17(26)6-4-15/h3-13H,2,14H2,1H3/b22-13+,30-25?. The molecule has 1 aliphatic rings. The number of nitrogens with zero attached hydrogens (tertiary/aromatic N) is 2. The number of carbonyl (C=O) groups is 1. The second kappa shape index (κ2) is 11.2. The van der Waals surface area contributed by atoms with Crippen molar-refractivity contribution in [1.82, 2.24) is 4.90 Å². The highest BCUT2D eigenvalue weighted by Gasteiger charge is 2.32. The van der Waals surface area contributed by atoms with Crippen LogP contribution in [0.25, 0.3) is 6.08 Å². The number of ether oxygens (including phenoxy) is 1. The van der Waals surface area contributed by atoms with Gasteiger partial charge in [0.05, 0.1) is 19.5 Å². The molecule has 174 valence electrons. The minimum atomic E-state index is -0.326. The summed E-state index contributed by atoms with van der Waals surface area (Å²) in [6, 6.07) is 17.6. The van der Waals surface area contributed by atoms with Gasteiger partial charge in [0.15, 0.2) is 5.17 Å². The lowest BCUT2D eigenvalue weighted by molar-refractivity contribution is -0.122. The molecule has 1 aliphatic heterocycles. The molecule has 0 atom stereocenters. The van der Waals surface area contributed by atoms with Crippen molar-refractivity contribution >= 4 is 82.4 Å². The molecule has 9 heteroatoms. The Kier molecular flexibility index (Phi) is 8.29. The van der Waals surface area contributed by atoms with Crippen molar-refractivity contribution in [3.63, 3.8) is 0 Å². The molecule has 4 nitrogen and oxygen atoms in total. The van der Waals surface area contributed by atoms with E-state index in [1.807, 2.05) is 49.4 Å². The number of hydrogen-bond donors (Lipinski definition) is 0. The Morgan fingerprint density at radius 1 is 1.03 bits per heavy atom. The fraction of sp³-hybridized carbons (Fsp3) is 0.120. The summed E-state index contributed by atoms with van der Waals surface area (Å²) in [5.74, 6) is 0.243. The molecule has 3 aromatic carbocycles. The van der Waals surface area contributed by atoms with E-state index in [0.717, 1.165) is 24.5 Å². The fourth-order valence-electron chi connectivity index (χ4n) is 3.18.